The van der Waals surface area contributed by atoms with Crippen molar-refractivity contribution in [2.45, 2.75) is 25.8 Å². The van der Waals surface area contributed by atoms with E-state index in [1.165, 1.54) is 0 Å². The van der Waals surface area contributed by atoms with Gasteiger partial charge in [0.25, 0.3) is 0 Å². The molecule has 0 spiro atoms. The molecule has 0 heterocycles. The summed E-state index contributed by atoms with van der Waals surface area (Å²) in [6.45, 7) is 1.93. The van der Waals surface area contributed by atoms with Crippen LogP contribution in [0.5, 0.6) is 0 Å². The molecular formula is C19H22N2O2. The molecule has 2 aromatic carbocycles. The summed E-state index contributed by atoms with van der Waals surface area (Å²) in [6, 6.07) is 19.5. The van der Waals surface area contributed by atoms with E-state index in [9.17, 15) is 9.59 Å². The molecule has 120 valence electrons. The lowest BCUT2D eigenvalue weighted by molar-refractivity contribution is -0.126. The topological polar surface area (TPSA) is 58.2 Å². The maximum absolute atomic E-state index is 11.9. The minimum Gasteiger partial charge on any atom is -0.348 e. The monoisotopic (exact) mass is 310 g/mol. The molecule has 2 amide bonds. The van der Waals surface area contributed by atoms with Crippen LogP contribution in [0.1, 0.15) is 30.5 Å². The van der Waals surface area contributed by atoms with Gasteiger partial charge in [-0.3, -0.25) is 9.59 Å². The molecule has 0 aromatic heterocycles. The van der Waals surface area contributed by atoms with Crippen molar-refractivity contribution in [3.8, 4) is 0 Å². The molecular weight excluding hydrogens is 288 g/mol. The van der Waals surface area contributed by atoms with Crippen LogP contribution < -0.4 is 10.6 Å². The van der Waals surface area contributed by atoms with E-state index >= 15 is 0 Å². The summed E-state index contributed by atoms with van der Waals surface area (Å²) in [4.78, 5) is 23.7. The first kappa shape index (κ1) is 16.7. The smallest absolute Gasteiger partial charge is 0.239 e. The molecule has 0 saturated carbocycles. The van der Waals surface area contributed by atoms with Gasteiger partial charge in [-0.25, -0.2) is 0 Å². The van der Waals surface area contributed by atoms with Crippen molar-refractivity contribution in [1.29, 1.82) is 0 Å². The summed E-state index contributed by atoms with van der Waals surface area (Å²) in [5, 5.41) is 5.53. The van der Waals surface area contributed by atoms with Gasteiger partial charge in [0.15, 0.2) is 0 Å². The molecule has 0 aliphatic rings. The summed E-state index contributed by atoms with van der Waals surface area (Å²) in [5.41, 5.74) is 2.15. The quantitative estimate of drug-likeness (QED) is 0.826. The second kappa shape index (κ2) is 8.73. The first-order valence-corrected chi connectivity index (χ1v) is 7.80. The molecule has 23 heavy (non-hydrogen) atoms. The minimum atomic E-state index is -0.186. The third-order valence-electron chi connectivity index (χ3n) is 3.61. The number of nitrogens with one attached hydrogen (secondary N) is 2. The number of carbonyl (C=O) groups excluding carboxylic acids is 2. The summed E-state index contributed by atoms with van der Waals surface area (Å²) < 4.78 is 0. The SMILES string of the molecule is CC(NC(=O)CNC(=O)CCc1ccccc1)c1ccccc1. The van der Waals surface area contributed by atoms with Crippen molar-refractivity contribution in [2.24, 2.45) is 0 Å². The normalized spacial score (nSPS) is 11.5. The average molecular weight is 310 g/mol. The van der Waals surface area contributed by atoms with Crippen LogP contribution >= 0.6 is 0 Å². The second-order valence-electron chi connectivity index (χ2n) is 5.46. The minimum absolute atomic E-state index is 0.00476. The molecule has 0 fully saturated rings. The van der Waals surface area contributed by atoms with Crippen molar-refractivity contribution in [2.75, 3.05) is 6.54 Å². The Morgan fingerprint density at radius 1 is 0.913 bits per heavy atom. The summed E-state index contributed by atoms with van der Waals surface area (Å²) in [5.74, 6) is -0.300. The maximum Gasteiger partial charge on any atom is 0.239 e. The lowest BCUT2D eigenvalue weighted by Gasteiger charge is -2.14. The Hall–Kier alpha value is -2.62. The molecule has 1 atom stereocenters. The molecule has 0 aliphatic heterocycles. The molecule has 1 unspecified atom stereocenters. The van der Waals surface area contributed by atoms with Crippen LogP contribution in [0.2, 0.25) is 0 Å². The number of amides is 2. The number of hydrogen-bond donors (Lipinski definition) is 2. The van der Waals surface area contributed by atoms with Gasteiger partial charge in [0.05, 0.1) is 12.6 Å². The van der Waals surface area contributed by atoms with E-state index in [1.807, 2.05) is 67.6 Å². The Balaban J connectivity index is 1.68. The number of carbonyl (C=O) groups is 2. The molecule has 0 bridgehead atoms. The van der Waals surface area contributed by atoms with E-state index in [0.29, 0.717) is 12.8 Å². The predicted molar refractivity (Wildman–Crippen MR) is 90.8 cm³/mol. The molecule has 4 heteroatoms. The Morgan fingerprint density at radius 3 is 2.17 bits per heavy atom. The van der Waals surface area contributed by atoms with Crippen molar-refractivity contribution in [1.82, 2.24) is 10.6 Å². The number of rotatable bonds is 7. The fourth-order valence-electron chi connectivity index (χ4n) is 2.29. The van der Waals surface area contributed by atoms with Gasteiger partial charge < -0.3 is 10.6 Å². The molecule has 2 aromatic rings. The Bertz CT molecular complexity index is 626. The van der Waals surface area contributed by atoms with Gasteiger partial charge in [-0.1, -0.05) is 60.7 Å². The predicted octanol–water partition coefficient (Wildman–Crippen LogP) is 2.61. The summed E-state index contributed by atoms with van der Waals surface area (Å²) in [7, 11) is 0. The maximum atomic E-state index is 11.9. The lowest BCUT2D eigenvalue weighted by atomic mass is 10.1. The molecule has 4 nitrogen and oxygen atoms in total. The molecule has 2 rings (SSSR count). The standard InChI is InChI=1S/C19H22N2O2/c1-15(17-10-6-3-7-11-17)21-19(23)14-20-18(22)13-12-16-8-4-2-5-9-16/h2-11,15H,12-14H2,1H3,(H,20,22)(H,21,23). The fourth-order valence-corrected chi connectivity index (χ4v) is 2.29. The lowest BCUT2D eigenvalue weighted by Crippen LogP contribution is -2.38. The summed E-state index contributed by atoms with van der Waals surface area (Å²) in [6.07, 6.45) is 1.06. The van der Waals surface area contributed by atoms with Crippen LogP contribution in [0, 0.1) is 0 Å². The van der Waals surface area contributed by atoms with Gasteiger partial charge in [0.1, 0.15) is 0 Å². The van der Waals surface area contributed by atoms with Crippen molar-refractivity contribution in [3.63, 3.8) is 0 Å². The zero-order valence-corrected chi connectivity index (χ0v) is 13.3. The Morgan fingerprint density at radius 2 is 1.52 bits per heavy atom. The number of hydrogen-bond acceptors (Lipinski definition) is 2. The van der Waals surface area contributed by atoms with Gasteiger partial charge in [0, 0.05) is 6.42 Å². The highest BCUT2D eigenvalue weighted by Crippen LogP contribution is 2.10. The van der Waals surface area contributed by atoms with Gasteiger partial charge in [-0.15, -0.1) is 0 Å². The van der Waals surface area contributed by atoms with Gasteiger partial charge >= 0.3 is 0 Å². The van der Waals surface area contributed by atoms with Crippen LogP contribution in [0.15, 0.2) is 60.7 Å². The van der Waals surface area contributed by atoms with Crippen molar-refractivity contribution in [3.05, 3.63) is 71.8 Å². The second-order valence-corrected chi connectivity index (χ2v) is 5.46. The number of benzene rings is 2. The fraction of sp³-hybridized carbons (Fsp3) is 0.263. The van der Waals surface area contributed by atoms with E-state index in [-0.39, 0.29) is 24.4 Å². The third kappa shape index (κ3) is 5.94. The largest absolute Gasteiger partial charge is 0.348 e. The first-order valence-electron chi connectivity index (χ1n) is 7.80. The number of aryl methyl sites for hydroxylation is 1. The summed E-state index contributed by atoms with van der Waals surface area (Å²) >= 11 is 0. The first-order chi connectivity index (χ1) is 11.1. The molecule has 0 radical (unpaired) electrons. The van der Waals surface area contributed by atoms with E-state index in [4.69, 9.17) is 0 Å². The van der Waals surface area contributed by atoms with E-state index in [2.05, 4.69) is 10.6 Å². The van der Waals surface area contributed by atoms with Crippen molar-refractivity contribution >= 4 is 11.8 Å². The zero-order chi connectivity index (χ0) is 16.5. The van der Waals surface area contributed by atoms with Gasteiger partial charge in [-0.2, -0.15) is 0 Å². The van der Waals surface area contributed by atoms with E-state index < -0.39 is 0 Å². The molecule has 0 saturated heterocycles. The highest BCUT2D eigenvalue weighted by Gasteiger charge is 2.10. The van der Waals surface area contributed by atoms with E-state index in [1.54, 1.807) is 0 Å². The molecule has 2 N–H and O–H groups in total. The average Bonchev–Trinajstić information content (AvgIpc) is 2.60. The zero-order valence-electron chi connectivity index (χ0n) is 13.3. The van der Waals surface area contributed by atoms with Crippen LogP contribution in [-0.2, 0) is 16.0 Å². The van der Waals surface area contributed by atoms with Crippen LogP contribution in [0.3, 0.4) is 0 Å². The van der Waals surface area contributed by atoms with Gasteiger partial charge in [-0.05, 0) is 24.5 Å². The Kier molecular flexibility index (Phi) is 6.36. The van der Waals surface area contributed by atoms with E-state index in [0.717, 1.165) is 11.1 Å². The van der Waals surface area contributed by atoms with Crippen LogP contribution in [-0.4, -0.2) is 18.4 Å². The Labute approximate surface area is 136 Å². The van der Waals surface area contributed by atoms with Crippen molar-refractivity contribution < 1.29 is 9.59 Å². The van der Waals surface area contributed by atoms with Gasteiger partial charge in [0.2, 0.25) is 11.8 Å². The molecule has 0 aliphatic carbocycles. The van der Waals surface area contributed by atoms with Crippen LogP contribution in [0.4, 0.5) is 0 Å². The van der Waals surface area contributed by atoms with Crippen LogP contribution in [0.25, 0.3) is 0 Å². The highest BCUT2D eigenvalue weighted by atomic mass is 16.2. The third-order valence-corrected chi connectivity index (χ3v) is 3.61. The highest BCUT2D eigenvalue weighted by molar-refractivity contribution is 5.84.